The van der Waals surface area contributed by atoms with Crippen LogP contribution in [0.1, 0.15) is 10.4 Å². The Balaban J connectivity index is 1.78. The highest BCUT2D eigenvalue weighted by Crippen LogP contribution is 2.22. The molecule has 1 heterocycles. The van der Waals surface area contributed by atoms with E-state index in [0.29, 0.717) is 10.0 Å². The van der Waals surface area contributed by atoms with Crippen molar-refractivity contribution in [3.63, 3.8) is 0 Å². The predicted octanol–water partition coefficient (Wildman–Crippen LogP) is 4.67. The fourth-order valence-corrected chi connectivity index (χ4v) is 2.79. The van der Waals surface area contributed by atoms with Crippen LogP contribution in [0.3, 0.4) is 0 Å². The summed E-state index contributed by atoms with van der Waals surface area (Å²) in [5.41, 5.74) is 1.84. The van der Waals surface area contributed by atoms with Crippen molar-refractivity contribution in [3.05, 3.63) is 70.3 Å². The molecule has 0 fully saturated rings. The maximum Gasteiger partial charge on any atom is 0.258 e. The monoisotopic (exact) mass is 375 g/mol. The number of thiocarbonyl (C=S) groups is 1. The standard InChI is InChI=1S/C17H11Cl2N3OS/c18-10-6-7-13(19)12(9-10)16(23)22-17(24)21-15-5-1-4-14-11(15)3-2-8-20-14/h1-9H,(H2,21,22,23,24). The molecule has 0 aliphatic carbocycles. The van der Waals surface area contributed by atoms with Gasteiger partial charge < -0.3 is 5.32 Å². The van der Waals surface area contributed by atoms with Gasteiger partial charge in [-0.15, -0.1) is 0 Å². The Morgan fingerprint density at radius 3 is 2.75 bits per heavy atom. The average Bonchev–Trinajstić information content (AvgIpc) is 2.57. The van der Waals surface area contributed by atoms with Crippen LogP contribution in [-0.4, -0.2) is 16.0 Å². The number of pyridine rings is 1. The quantitative estimate of drug-likeness (QED) is 0.639. The summed E-state index contributed by atoms with van der Waals surface area (Å²) >= 11 is 17.1. The van der Waals surface area contributed by atoms with Crippen molar-refractivity contribution >= 4 is 63.0 Å². The number of amides is 1. The molecule has 3 aromatic rings. The summed E-state index contributed by atoms with van der Waals surface area (Å²) in [5, 5.41) is 7.38. The van der Waals surface area contributed by atoms with Crippen molar-refractivity contribution in [2.45, 2.75) is 0 Å². The number of rotatable bonds is 2. The maximum atomic E-state index is 12.3. The van der Waals surface area contributed by atoms with Gasteiger partial charge in [-0.1, -0.05) is 29.3 Å². The van der Waals surface area contributed by atoms with E-state index in [0.717, 1.165) is 16.6 Å². The molecule has 0 spiro atoms. The molecular weight excluding hydrogens is 365 g/mol. The summed E-state index contributed by atoms with van der Waals surface area (Å²) < 4.78 is 0. The number of carbonyl (C=O) groups is 1. The van der Waals surface area contributed by atoms with E-state index >= 15 is 0 Å². The molecule has 0 atom stereocenters. The van der Waals surface area contributed by atoms with Gasteiger partial charge in [-0.3, -0.25) is 15.1 Å². The fraction of sp³-hybridized carbons (Fsp3) is 0. The van der Waals surface area contributed by atoms with E-state index in [1.165, 1.54) is 6.07 Å². The molecule has 0 radical (unpaired) electrons. The largest absolute Gasteiger partial charge is 0.332 e. The second-order valence-corrected chi connectivity index (χ2v) is 6.16. The molecule has 0 unspecified atom stereocenters. The molecule has 7 heteroatoms. The minimum absolute atomic E-state index is 0.160. The van der Waals surface area contributed by atoms with E-state index in [-0.39, 0.29) is 10.7 Å². The molecule has 0 bridgehead atoms. The molecule has 0 saturated carbocycles. The third kappa shape index (κ3) is 3.64. The molecule has 1 aromatic heterocycles. The van der Waals surface area contributed by atoms with Crippen molar-refractivity contribution in [3.8, 4) is 0 Å². The van der Waals surface area contributed by atoms with Crippen molar-refractivity contribution in [2.24, 2.45) is 0 Å². The Bertz CT molecular complexity index is 941. The first-order valence-electron chi connectivity index (χ1n) is 6.96. The molecule has 120 valence electrons. The van der Waals surface area contributed by atoms with Crippen LogP contribution >= 0.6 is 35.4 Å². The van der Waals surface area contributed by atoms with Gasteiger partial charge >= 0.3 is 0 Å². The Labute approximate surface area is 153 Å². The van der Waals surface area contributed by atoms with Gasteiger partial charge in [0.05, 0.1) is 16.1 Å². The third-order valence-corrected chi connectivity index (χ3v) is 4.06. The molecule has 0 saturated heterocycles. The minimum Gasteiger partial charge on any atom is -0.332 e. The van der Waals surface area contributed by atoms with E-state index in [1.54, 1.807) is 18.3 Å². The number of nitrogens with zero attached hydrogens (tertiary/aromatic N) is 1. The van der Waals surface area contributed by atoms with Gasteiger partial charge in [-0.25, -0.2) is 0 Å². The highest BCUT2D eigenvalue weighted by molar-refractivity contribution is 7.80. The van der Waals surface area contributed by atoms with E-state index < -0.39 is 5.91 Å². The van der Waals surface area contributed by atoms with E-state index in [1.807, 2.05) is 30.3 Å². The number of hydrogen-bond donors (Lipinski definition) is 2. The van der Waals surface area contributed by atoms with Gasteiger partial charge in [0.25, 0.3) is 5.91 Å². The first kappa shape index (κ1) is 16.6. The molecule has 0 aliphatic heterocycles. The van der Waals surface area contributed by atoms with Crippen LogP contribution in [0.4, 0.5) is 5.69 Å². The van der Waals surface area contributed by atoms with Crippen LogP contribution in [0.2, 0.25) is 10.0 Å². The zero-order valence-electron chi connectivity index (χ0n) is 12.2. The number of halogens is 2. The van der Waals surface area contributed by atoms with Gasteiger partial charge in [-0.2, -0.15) is 0 Å². The first-order valence-corrected chi connectivity index (χ1v) is 8.12. The minimum atomic E-state index is -0.432. The summed E-state index contributed by atoms with van der Waals surface area (Å²) in [4.78, 5) is 16.6. The highest BCUT2D eigenvalue weighted by Gasteiger charge is 2.13. The Kier molecular flexibility index (Phi) is 4.94. The second kappa shape index (κ2) is 7.13. The van der Waals surface area contributed by atoms with Gasteiger partial charge in [0, 0.05) is 22.3 Å². The lowest BCUT2D eigenvalue weighted by Gasteiger charge is -2.12. The highest BCUT2D eigenvalue weighted by atomic mass is 35.5. The van der Waals surface area contributed by atoms with E-state index in [9.17, 15) is 4.79 Å². The molecule has 3 rings (SSSR count). The normalized spacial score (nSPS) is 10.4. The van der Waals surface area contributed by atoms with Crippen LogP contribution in [0, 0.1) is 0 Å². The number of fused-ring (bicyclic) bond motifs is 1. The zero-order valence-corrected chi connectivity index (χ0v) is 14.5. The van der Waals surface area contributed by atoms with Crippen molar-refractivity contribution in [1.82, 2.24) is 10.3 Å². The molecule has 0 aliphatic rings. The predicted molar refractivity (Wildman–Crippen MR) is 102 cm³/mol. The summed E-state index contributed by atoms with van der Waals surface area (Å²) in [6.45, 7) is 0. The lowest BCUT2D eigenvalue weighted by atomic mass is 10.2. The summed E-state index contributed by atoms with van der Waals surface area (Å²) in [5.74, 6) is -0.432. The molecular formula is C17H11Cl2N3OS. The number of benzene rings is 2. The van der Waals surface area contributed by atoms with Crippen molar-refractivity contribution in [1.29, 1.82) is 0 Å². The number of aromatic nitrogens is 1. The topological polar surface area (TPSA) is 54.0 Å². The Morgan fingerprint density at radius 1 is 1.08 bits per heavy atom. The molecule has 1 amide bonds. The molecule has 2 aromatic carbocycles. The van der Waals surface area contributed by atoms with Crippen molar-refractivity contribution in [2.75, 3.05) is 5.32 Å². The van der Waals surface area contributed by atoms with E-state index in [4.69, 9.17) is 35.4 Å². The lowest BCUT2D eigenvalue weighted by Crippen LogP contribution is -2.34. The summed E-state index contributed by atoms with van der Waals surface area (Å²) in [6.07, 6.45) is 1.72. The van der Waals surface area contributed by atoms with E-state index in [2.05, 4.69) is 15.6 Å². The summed E-state index contributed by atoms with van der Waals surface area (Å²) in [6, 6.07) is 14.0. The summed E-state index contributed by atoms with van der Waals surface area (Å²) in [7, 11) is 0. The van der Waals surface area contributed by atoms with Gasteiger partial charge in [-0.05, 0) is 54.7 Å². The van der Waals surface area contributed by atoms with Crippen LogP contribution in [0.15, 0.2) is 54.7 Å². The smallest absolute Gasteiger partial charge is 0.258 e. The SMILES string of the molecule is O=C(NC(=S)Nc1cccc2ncccc12)c1cc(Cl)ccc1Cl. The third-order valence-electron chi connectivity index (χ3n) is 3.29. The number of nitrogens with one attached hydrogen (secondary N) is 2. The maximum absolute atomic E-state index is 12.3. The first-order chi connectivity index (χ1) is 11.5. The molecule has 24 heavy (non-hydrogen) atoms. The average molecular weight is 376 g/mol. The Hall–Kier alpha value is -2.21. The number of anilines is 1. The van der Waals surface area contributed by atoms with Crippen molar-refractivity contribution < 1.29 is 4.79 Å². The number of carbonyl (C=O) groups excluding carboxylic acids is 1. The molecule has 2 N–H and O–H groups in total. The van der Waals surface area contributed by atoms with Gasteiger partial charge in [0.15, 0.2) is 5.11 Å². The number of hydrogen-bond acceptors (Lipinski definition) is 3. The zero-order chi connectivity index (χ0) is 17.1. The van der Waals surface area contributed by atoms with Crippen LogP contribution in [0.25, 0.3) is 10.9 Å². The van der Waals surface area contributed by atoms with Gasteiger partial charge in [0.2, 0.25) is 0 Å². The second-order valence-electron chi connectivity index (χ2n) is 4.91. The van der Waals surface area contributed by atoms with Crippen LogP contribution in [-0.2, 0) is 0 Å². The molecule has 4 nitrogen and oxygen atoms in total. The Morgan fingerprint density at radius 2 is 1.92 bits per heavy atom. The van der Waals surface area contributed by atoms with Crippen LogP contribution in [0.5, 0.6) is 0 Å². The van der Waals surface area contributed by atoms with Crippen LogP contribution < -0.4 is 10.6 Å². The van der Waals surface area contributed by atoms with Gasteiger partial charge in [0.1, 0.15) is 0 Å². The lowest BCUT2D eigenvalue weighted by molar-refractivity contribution is 0.0978. The fourth-order valence-electron chi connectivity index (χ4n) is 2.21.